The minimum atomic E-state index is 0.816. The summed E-state index contributed by atoms with van der Waals surface area (Å²) in [5.41, 5.74) is 2.76. The van der Waals surface area contributed by atoms with Crippen molar-refractivity contribution in [2.45, 2.75) is 26.2 Å². The fourth-order valence-electron chi connectivity index (χ4n) is 2.50. The molecule has 1 aromatic rings. The van der Waals surface area contributed by atoms with Gasteiger partial charge in [0.05, 0.1) is 7.11 Å². The van der Waals surface area contributed by atoms with Gasteiger partial charge < -0.3 is 10.1 Å². The highest BCUT2D eigenvalue weighted by Crippen LogP contribution is 2.27. The van der Waals surface area contributed by atoms with E-state index in [1.807, 2.05) is 0 Å². The molecule has 16 heavy (non-hydrogen) atoms. The first-order valence-corrected chi connectivity index (χ1v) is 6.14. The van der Waals surface area contributed by atoms with Gasteiger partial charge in [0.1, 0.15) is 5.75 Å². The first-order chi connectivity index (χ1) is 7.81. The lowest BCUT2D eigenvalue weighted by Crippen LogP contribution is -2.28. The van der Waals surface area contributed by atoms with Crippen molar-refractivity contribution >= 4 is 0 Å². The second-order valence-electron chi connectivity index (χ2n) is 4.65. The fraction of sp³-hybridized carbons (Fsp3) is 0.571. The first kappa shape index (κ1) is 11.5. The molecule has 0 spiro atoms. The second kappa shape index (κ2) is 5.35. The maximum atomic E-state index is 5.45. The molecular weight excluding hydrogens is 198 g/mol. The Morgan fingerprint density at radius 1 is 1.31 bits per heavy atom. The number of methoxy groups -OCH3 is 1. The summed E-state index contributed by atoms with van der Waals surface area (Å²) in [6.07, 6.45) is 3.74. The topological polar surface area (TPSA) is 21.3 Å². The molecule has 1 aliphatic rings. The molecular formula is C14H21NO. The molecule has 0 aromatic heterocycles. The normalized spacial score (nSPS) is 17.4. The van der Waals surface area contributed by atoms with Crippen LogP contribution in [0.2, 0.25) is 0 Å². The van der Waals surface area contributed by atoms with Crippen LogP contribution >= 0.6 is 0 Å². The lowest BCUT2D eigenvalue weighted by Gasteiger charge is -2.24. The summed E-state index contributed by atoms with van der Waals surface area (Å²) in [4.78, 5) is 0. The molecule has 88 valence electrons. The number of benzene rings is 1. The number of hydrogen-bond donors (Lipinski definition) is 1. The van der Waals surface area contributed by atoms with Gasteiger partial charge in [0.2, 0.25) is 0 Å². The molecule has 2 rings (SSSR count). The van der Waals surface area contributed by atoms with Crippen LogP contribution in [0.4, 0.5) is 0 Å². The Morgan fingerprint density at radius 3 is 2.75 bits per heavy atom. The molecule has 1 fully saturated rings. The van der Waals surface area contributed by atoms with Crippen LogP contribution in [0.3, 0.4) is 0 Å². The van der Waals surface area contributed by atoms with E-state index < -0.39 is 0 Å². The third-order valence-electron chi connectivity index (χ3n) is 3.54. The Morgan fingerprint density at radius 2 is 2.06 bits per heavy atom. The van der Waals surface area contributed by atoms with E-state index in [2.05, 4.69) is 30.4 Å². The van der Waals surface area contributed by atoms with Crippen LogP contribution < -0.4 is 10.1 Å². The SMILES string of the molecule is COc1cccc(C)c1CC1CCNCC1. The fourth-order valence-corrected chi connectivity index (χ4v) is 2.50. The van der Waals surface area contributed by atoms with E-state index >= 15 is 0 Å². The smallest absolute Gasteiger partial charge is 0.122 e. The van der Waals surface area contributed by atoms with Gasteiger partial charge in [-0.3, -0.25) is 0 Å². The van der Waals surface area contributed by atoms with E-state index in [0.29, 0.717) is 0 Å². The monoisotopic (exact) mass is 219 g/mol. The van der Waals surface area contributed by atoms with Gasteiger partial charge in [-0.1, -0.05) is 12.1 Å². The number of hydrogen-bond acceptors (Lipinski definition) is 2. The lowest BCUT2D eigenvalue weighted by molar-refractivity contribution is 0.360. The van der Waals surface area contributed by atoms with E-state index in [0.717, 1.165) is 18.1 Å². The summed E-state index contributed by atoms with van der Waals surface area (Å²) in [5, 5.41) is 3.41. The van der Waals surface area contributed by atoms with Crippen molar-refractivity contribution in [2.24, 2.45) is 5.92 Å². The van der Waals surface area contributed by atoms with Gasteiger partial charge in [0.25, 0.3) is 0 Å². The zero-order valence-electron chi connectivity index (χ0n) is 10.3. The maximum absolute atomic E-state index is 5.45. The zero-order valence-corrected chi connectivity index (χ0v) is 10.3. The van der Waals surface area contributed by atoms with E-state index in [1.165, 1.54) is 37.1 Å². The Kier molecular flexibility index (Phi) is 3.83. The second-order valence-corrected chi connectivity index (χ2v) is 4.65. The molecule has 1 saturated heterocycles. The summed E-state index contributed by atoms with van der Waals surface area (Å²) < 4.78 is 5.45. The third kappa shape index (κ3) is 2.56. The minimum absolute atomic E-state index is 0.816. The molecule has 0 bridgehead atoms. The molecule has 0 aliphatic carbocycles. The van der Waals surface area contributed by atoms with Gasteiger partial charge in [-0.25, -0.2) is 0 Å². The molecule has 1 heterocycles. The quantitative estimate of drug-likeness (QED) is 0.843. The molecule has 1 aliphatic heterocycles. The Labute approximate surface area is 98.0 Å². The number of ether oxygens (including phenoxy) is 1. The van der Waals surface area contributed by atoms with E-state index in [1.54, 1.807) is 7.11 Å². The number of piperidine rings is 1. The van der Waals surface area contributed by atoms with Crippen LogP contribution in [-0.2, 0) is 6.42 Å². The van der Waals surface area contributed by atoms with Crippen molar-refractivity contribution in [3.63, 3.8) is 0 Å². The van der Waals surface area contributed by atoms with E-state index in [-0.39, 0.29) is 0 Å². The zero-order chi connectivity index (χ0) is 11.4. The Hall–Kier alpha value is -1.02. The maximum Gasteiger partial charge on any atom is 0.122 e. The van der Waals surface area contributed by atoms with Crippen molar-refractivity contribution < 1.29 is 4.74 Å². The first-order valence-electron chi connectivity index (χ1n) is 6.14. The van der Waals surface area contributed by atoms with Crippen LogP contribution in [-0.4, -0.2) is 20.2 Å². The van der Waals surface area contributed by atoms with Crippen LogP contribution in [0.1, 0.15) is 24.0 Å². The van der Waals surface area contributed by atoms with Gasteiger partial charge in [-0.2, -0.15) is 0 Å². The highest BCUT2D eigenvalue weighted by Gasteiger charge is 2.16. The van der Waals surface area contributed by atoms with Gasteiger partial charge >= 0.3 is 0 Å². The molecule has 1 N–H and O–H groups in total. The summed E-state index contributed by atoms with van der Waals surface area (Å²) in [5.74, 6) is 1.87. The molecule has 1 aromatic carbocycles. The third-order valence-corrected chi connectivity index (χ3v) is 3.54. The van der Waals surface area contributed by atoms with Crippen molar-refractivity contribution in [1.82, 2.24) is 5.32 Å². The highest BCUT2D eigenvalue weighted by atomic mass is 16.5. The van der Waals surface area contributed by atoms with Crippen molar-refractivity contribution in [1.29, 1.82) is 0 Å². The predicted octanol–water partition coefficient (Wildman–Crippen LogP) is 2.55. The van der Waals surface area contributed by atoms with E-state index in [9.17, 15) is 0 Å². The molecule has 0 atom stereocenters. The molecule has 0 unspecified atom stereocenters. The minimum Gasteiger partial charge on any atom is -0.496 e. The molecule has 2 heteroatoms. The molecule has 0 saturated carbocycles. The summed E-state index contributed by atoms with van der Waals surface area (Å²) in [6.45, 7) is 4.51. The van der Waals surface area contributed by atoms with Crippen LogP contribution in [0, 0.1) is 12.8 Å². The summed E-state index contributed by atoms with van der Waals surface area (Å²) in [7, 11) is 1.76. The van der Waals surface area contributed by atoms with Gasteiger partial charge in [0.15, 0.2) is 0 Å². The van der Waals surface area contributed by atoms with Gasteiger partial charge in [-0.15, -0.1) is 0 Å². The Balaban J connectivity index is 2.12. The summed E-state index contributed by atoms with van der Waals surface area (Å²) in [6, 6.07) is 6.32. The van der Waals surface area contributed by atoms with Crippen LogP contribution in [0.5, 0.6) is 5.75 Å². The number of rotatable bonds is 3. The van der Waals surface area contributed by atoms with Crippen LogP contribution in [0.15, 0.2) is 18.2 Å². The highest BCUT2D eigenvalue weighted by molar-refractivity contribution is 5.39. The number of nitrogens with one attached hydrogen (secondary N) is 1. The van der Waals surface area contributed by atoms with Gasteiger partial charge in [0, 0.05) is 0 Å². The van der Waals surface area contributed by atoms with E-state index in [4.69, 9.17) is 4.74 Å². The standard InChI is InChI=1S/C14H21NO/c1-11-4-3-5-14(16-2)13(11)10-12-6-8-15-9-7-12/h3-5,12,15H,6-10H2,1-2H3. The Bertz CT molecular complexity index is 343. The average Bonchev–Trinajstić information content (AvgIpc) is 2.33. The molecule has 0 radical (unpaired) electrons. The van der Waals surface area contributed by atoms with Crippen LogP contribution in [0.25, 0.3) is 0 Å². The summed E-state index contributed by atoms with van der Waals surface area (Å²) >= 11 is 0. The van der Waals surface area contributed by atoms with Crippen molar-refractivity contribution in [3.8, 4) is 5.75 Å². The predicted molar refractivity (Wildman–Crippen MR) is 67.0 cm³/mol. The lowest BCUT2D eigenvalue weighted by atomic mass is 9.89. The largest absolute Gasteiger partial charge is 0.496 e. The average molecular weight is 219 g/mol. The van der Waals surface area contributed by atoms with Gasteiger partial charge in [-0.05, 0) is 62.4 Å². The van der Waals surface area contributed by atoms with Crippen molar-refractivity contribution in [3.05, 3.63) is 29.3 Å². The number of aryl methyl sites for hydroxylation is 1. The molecule has 0 amide bonds. The molecule has 2 nitrogen and oxygen atoms in total. The van der Waals surface area contributed by atoms with Crippen molar-refractivity contribution in [2.75, 3.05) is 20.2 Å².